The minimum atomic E-state index is -3.62. The third-order valence-corrected chi connectivity index (χ3v) is 7.32. The van der Waals surface area contributed by atoms with E-state index in [4.69, 9.17) is 10.00 Å². The topological polar surface area (TPSA) is 99.5 Å². The Labute approximate surface area is 183 Å². The molecule has 0 spiro atoms. The number of carbonyl (C=O) groups excluding carboxylic acids is 1. The summed E-state index contributed by atoms with van der Waals surface area (Å²) in [5.74, 6) is -0.251. The van der Waals surface area contributed by atoms with E-state index in [1.165, 1.54) is 28.6 Å². The molecule has 0 aliphatic carbocycles. The first-order valence-corrected chi connectivity index (χ1v) is 11.8. The molecule has 0 radical (unpaired) electrons. The predicted molar refractivity (Wildman–Crippen MR) is 116 cm³/mol. The number of piperidine rings is 1. The van der Waals surface area contributed by atoms with Crippen molar-refractivity contribution in [2.75, 3.05) is 19.7 Å². The van der Waals surface area contributed by atoms with Crippen molar-refractivity contribution in [3.8, 4) is 6.07 Å². The minimum absolute atomic E-state index is 0.0474. The third kappa shape index (κ3) is 5.91. The van der Waals surface area contributed by atoms with Crippen LogP contribution in [0.15, 0.2) is 53.4 Å². The molecule has 0 unspecified atom stereocenters. The number of nitrogens with zero attached hydrogens (tertiary/aromatic N) is 2. The summed E-state index contributed by atoms with van der Waals surface area (Å²) in [6, 6.07) is 15.8. The SMILES string of the molecule is CCOCc1ccc(CNC(=O)C2CCN(S(=O)(=O)c3ccc(C#N)cc3)CC2)cc1. The summed E-state index contributed by atoms with van der Waals surface area (Å²) in [5.41, 5.74) is 2.51. The molecule has 164 valence electrons. The van der Waals surface area contributed by atoms with E-state index < -0.39 is 10.0 Å². The first-order chi connectivity index (χ1) is 14.9. The molecule has 0 saturated carbocycles. The van der Waals surface area contributed by atoms with E-state index in [0.29, 0.717) is 51.3 Å². The van der Waals surface area contributed by atoms with Crippen molar-refractivity contribution in [1.82, 2.24) is 9.62 Å². The molecule has 0 atom stereocenters. The summed E-state index contributed by atoms with van der Waals surface area (Å²) in [5, 5.41) is 11.8. The Balaban J connectivity index is 1.49. The van der Waals surface area contributed by atoms with Crippen molar-refractivity contribution < 1.29 is 17.9 Å². The number of nitrogens with one attached hydrogen (secondary N) is 1. The molecule has 3 rings (SSSR count). The molecule has 1 heterocycles. The number of hydrogen-bond acceptors (Lipinski definition) is 5. The molecule has 1 aliphatic rings. The fourth-order valence-corrected chi connectivity index (χ4v) is 4.99. The summed E-state index contributed by atoms with van der Waals surface area (Å²) in [6.07, 6.45) is 0.962. The number of rotatable bonds is 8. The van der Waals surface area contributed by atoms with Crippen molar-refractivity contribution in [1.29, 1.82) is 5.26 Å². The molecule has 1 saturated heterocycles. The molecule has 0 bridgehead atoms. The van der Waals surface area contributed by atoms with E-state index in [2.05, 4.69) is 5.32 Å². The number of ether oxygens (including phenoxy) is 1. The average Bonchev–Trinajstić information content (AvgIpc) is 2.82. The number of benzene rings is 2. The van der Waals surface area contributed by atoms with E-state index >= 15 is 0 Å². The molecular formula is C23H27N3O4S. The van der Waals surface area contributed by atoms with Gasteiger partial charge in [0.2, 0.25) is 15.9 Å². The van der Waals surface area contributed by atoms with Crippen LogP contribution < -0.4 is 5.32 Å². The Bertz CT molecular complexity index is 1020. The highest BCUT2D eigenvalue weighted by molar-refractivity contribution is 7.89. The number of hydrogen-bond donors (Lipinski definition) is 1. The minimum Gasteiger partial charge on any atom is -0.377 e. The van der Waals surface area contributed by atoms with Crippen molar-refractivity contribution in [2.24, 2.45) is 5.92 Å². The highest BCUT2D eigenvalue weighted by Crippen LogP contribution is 2.24. The fraction of sp³-hybridized carbons (Fsp3) is 0.391. The van der Waals surface area contributed by atoms with Crippen LogP contribution in [0.2, 0.25) is 0 Å². The predicted octanol–water partition coefficient (Wildman–Crippen LogP) is 2.81. The molecule has 8 heteroatoms. The Hall–Kier alpha value is -2.73. The molecule has 1 aliphatic heterocycles. The zero-order chi connectivity index (χ0) is 22.3. The number of amides is 1. The Kier molecular flexibility index (Phi) is 7.80. The summed E-state index contributed by atoms with van der Waals surface area (Å²) in [7, 11) is -3.62. The molecule has 1 fully saturated rings. The van der Waals surface area contributed by atoms with Crippen LogP contribution in [-0.4, -0.2) is 38.3 Å². The van der Waals surface area contributed by atoms with Crippen LogP contribution in [0.25, 0.3) is 0 Å². The molecule has 2 aromatic carbocycles. The lowest BCUT2D eigenvalue weighted by atomic mass is 9.97. The maximum atomic E-state index is 12.8. The van der Waals surface area contributed by atoms with E-state index in [9.17, 15) is 13.2 Å². The molecule has 1 amide bonds. The maximum absolute atomic E-state index is 12.8. The molecular weight excluding hydrogens is 414 g/mol. The standard InChI is InChI=1S/C23H27N3O4S/c1-2-30-17-20-5-3-19(4-6-20)16-25-23(27)21-11-13-26(14-12-21)31(28,29)22-9-7-18(15-24)8-10-22/h3-10,21H,2,11-14,16-17H2,1H3,(H,25,27). The van der Waals surface area contributed by atoms with E-state index in [1.807, 2.05) is 37.3 Å². The molecule has 31 heavy (non-hydrogen) atoms. The lowest BCUT2D eigenvalue weighted by Crippen LogP contribution is -2.42. The van der Waals surface area contributed by atoms with Gasteiger partial charge in [0.1, 0.15) is 0 Å². The van der Waals surface area contributed by atoms with Crippen LogP contribution in [0.5, 0.6) is 0 Å². The Morgan fingerprint density at radius 2 is 1.71 bits per heavy atom. The zero-order valence-corrected chi connectivity index (χ0v) is 18.4. The number of sulfonamides is 1. The van der Waals surface area contributed by atoms with E-state index in [-0.39, 0.29) is 16.7 Å². The van der Waals surface area contributed by atoms with Gasteiger partial charge in [-0.1, -0.05) is 24.3 Å². The van der Waals surface area contributed by atoms with Crippen molar-refractivity contribution in [2.45, 2.75) is 37.8 Å². The second kappa shape index (κ2) is 10.5. The van der Waals surface area contributed by atoms with Gasteiger partial charge < -0.3 is 10.1 Å². The third-order valence-electron chi connectivity index (χ3n) is 5.41. The quantitative estimate of drug-likeness (QED) is 0.679. The zero-order valence-electron chi connectivity index (χ0n) is 17.6. The summed E-state index contributed by atoms with van der Waals surface area (Å²) < 4.78 is 32.4. The van der Waals surface area contributed by atoms with Crippen molar-refractivity contribution in [3.63, 3.8) is 0 Å². The van der Waals surface area contributed by atoms with Crippen LogP contribution in [0, 0.1) is 17.2 Å². The van der Waals surface area contributed by atoms with Crippen LogP contribution in [0.4, 0.5) is 0 Å². The highest BCUT2D eigenvalue weighted by atomic mass is 32.2. The average molecular weight is 442 g/mol. The van der Waals surface area contributed by atoms with Gasteiger partial charge in [-0.3, -0.25) is 4.79 Å². The van der Waals surface area contributed by atoms with Crippen molar-refractivity contribution >= 4 is 15.9 Å². The van der Waals surface area contributed by atoms with Gasteiger partial charge >= 0.3 is 0 Å². The summed E-state index contributed by atoms with van der Waals surface area (Å²) in [6.45, 7) is 4.24. The Morgan fingerprint density at radius 1 is 1.10 bits per heavy atom. The van der Waals surface area contributed by atoms with Crippen LogP contribution >= 0.6 is 0 Å². The van der Waals surface area contributed by atoms with E-state index in [0.717, 1.165) is 11.1 Å². The van der Waals surface area contributed by atoms with Gasteiger partial charge in [0.05, 0.1) is 23.1 Å². The first-order valence-electron chi connectivity index (χ1n) is 10.4. The van der Waals surface area contributed by atoms with Crippen molar-refractivity contribution in [3.05, 3.63) is 65.2 Å². The summed E-state index contributed by atoms with van der Waals surface area (Å²) in [4.78, 5) is 12.7. The van der Waals surface area contributed by atoms with Gasteiger partial charge in [0.25, 0.3) is 0 Å². The molecule has 1 N–H and O–H groups in total. The van der Waals surface area contributed by atoms with Gasteiger partial charge in [-0.15, -0.1) is 0 Å². The molecule has 2 aromatic rings. The van der Waals surface area contributed by atoms with Gasteiger partial charge in [-0.25, -0.2) is 8.42 Å². The Morgan fingerprint density at radius 3 is 2.29 bits per heavy atom. The maximum Gasteiger partial charge on any atom is 0.243 e. The van der Waals surface area contributed by atoms with Crippen LogP contribution in [0.1, 0.15) is 36.5 Å². The summed E-state index contributed by atoms with van der Waals surface area (Å²) >= 11 is 0. The molecule has 0 aromatic heterocycles. The lowest BCUT2D eigenvalue weighted by molar-refractivity contribution is -0.126. The van der Waals surface area contributed by atoms with E-state index in [1.54, 1.807) is 0 Å². The first kappa shape index (κ1) is 22.9. The fourth-order valence-electron chi connectivity index (χ4n) is 3.52. The number of nitriles is 1. The van der Waals surface area contributed by atoms with Gasteiger partial charge in [0, 0.05) is 32.2 Å². The van der Waals surface area contributed by atoms with Gasteiger partial charge in [-0.2, -0.15) is 9.57 Å². The van der Waals surface area contributed by atoms with Gasteiger partial charge in [0.15, 0.2) is 0 Å². The normalized spacial score (nSPS) is 15.4. The van der Waals surface area contributed by atoms with Crippen LogP contribution in [-0.2, 0) is 32.7 Å². The lowest BCUT2D eigenvalue weighted by Gasteiger charge is -2.30. The smallest absolute Gasteiger partial charge is 0.243 e. The molecule has 7 nitrogen and oxygen atoms in total. The second-order valence-corrected chi connectivity index (χ2v) is 9.42. The van der Waals surface area contributed by atoms with Gasteiger partial charge in [-0.05, 0) is 55.2 Å². The van der Waals surface area contributed by atoms with Crippen LogP contribution in [0.3, 0.4) is 0 Å². The second-order valence-electron chi connectivity index (χ2n) is 7.49. The monoisotopic (exact) mass is 441 g/mol. The highest BCUT2D eigenvalue weighted by Gasteiger charge is 2.32. The number of carbonyl (C=O) groups is 1. The largest absolute Gasteiger partial charge is 0.377 e.